The highest BCUT2D eigenvalue weighted by Gasteiger charge is 1.78. The fourth-order valence-corrected chi connectivity index (χ4v) is 0.249. The second kappa shape index (κ2) is 10.3. The Morgan fingerprint density at radius 3 is 1.89 bits per heavy atom. The minimum absolute atomic E-state index is 0.0394. The first-order valence-electron chi connectivity index (χ1n) is 2.35. The van der Waals surface area contributed by atoms with E-state index in [1.165, 1.54) is 6.92 Å². The molecule has 0 aliphatic carbocycles. The molecular weight excluding hydrogens is 142 g/mol. The highest BCUT2D eigenvalue weighted by atomic mass is 32.1. The predicted molar refractivity (Wildman–Crippen MR) is 33.3 cm³/mol. The van der Waals surface area contributed by atoms with E-state index >= 15 is 0 Å². The van der Waals surface area contributed by atoms with Crippen LogP contribution >= 0.6 is 0 Å². The summed E-state index contributed by atoms with van der Waals surface area (Å²) in [6, 6.07) is 0. The summed E-state index contributed by atoms with van der Waals surface area (Å²) >= 11 is -0.750. The third-order valence-corrected chi connectivity index (χ3v) is 0.426. The highest BCUT2D eigenvalue weighted by molar-refractivity contribution is 7.51. The molecule has 0 saturated carbocycles. The van der Waals surface area contributed by atoms with E-state index in [0.29, 0.717) is 0 Å². The van der Waals surface area contributed by atoms with E-state index in [1.807, 2.05) is 6.92 Å². The third kappa shape index (κ3) is 38.9. The normalized spacial score (nSPS) is 6.44. The van der Waals surface area contributed by atoms with Crippen molar-refractivity contribution in [2.45, 2.75) is 13.8 Å². The van der Waals surface area contributed by atoms with Gasteiger partial charge in [-0.15, -0.1) is 0 Å². The first kappa shape index (κ1) is 11.1. The molecule has 1 N–H and O–H groups in total. The van der Waals surface area contributed by atoms with E-state index in [4.69, 9.17) is 8.42 Å². The molecule has 0 rings (SSSR count). The van der Waals surface area contributed by atoms with Crippen molar-refractivity contribution < 1.29 is 13.2 Å². The van der Waals surface area contributed by atoms with Crippen molar-refractivity contribution in [3.63, 3.8) is 0 Å². The second-order valence-electron chi connectivity index (χ2n) is 1.15. The van der Waals surface area contributed by atoms with Gasteiger partial charge in [0.15, 0.2) is 0 Å². The van der Waals surface area contributed by atoms with Gasteiger partial charge >= 0.3 is 11.6 Å². The van der Waals surface area contributed by atoms with Crippen LogP contribution in [0.3, 0.4) is 0 Å². The fraction of sp³-hybridized carbons (Fsp3) is 0.750. The molecule has 4 nitrogen and oxygen atoms in total. The third-order valence-electron chi connectivity index (χ3n) is 0.426. The summed E-state index contributed by atoms with van der Waals surface area (Å²) in [5, 5.41) is 2.57. The van der Waals surface area contributed by atoms with Gasteiger partial charge in [-0.1, -0.05) is 0 Å². The zero-order valence-corrected chi connectivity index (χ0v) is 6.16. The van der Waals surface area contributed by atoms with Crippen LogP contribution in [-0.4, -0.2) is 20.9 Å². The molecule has 0 saturated heterocycles. The minimum atomic E-state index is -0.750. The van der Waals surface area contributed by atoms with Crippen molar-refractivity contribution in [2.24, 2.45) is 0 Å². The van der Waals surface area contributed by atoms with Crippen LogP contribution in [-0.2, 0) is 16.4 Å². The number of hydrogen-bond acceptors (Lipinski definition) is 3. The van der Waals surface area contributed by atoms with E-state index in [9.17, 15) is 4.79 Å². The molecule has 1 amide bonds. The number of carbonyl (C=O) groups is 1. The molecule has 0 bridgehead atoms. The first-order chi connectivity index (χ1) is 4.18. The molecule has 5 heteroatoms. The lowest BCUT2D eigenvalue weighted by Crippen LogP contribution is -2.18. The van der Waals surface area contributed by atoms with Gasteiger partial charge in [-0.3, -0.25) is 4.79 Å². The quantitative estimate of drug-likeness (QED) is 0.548. The van der Waals surface area contributed by atoms with Crippen molar-refractivity contribution in [1.82, 2.24) is 5.32 Å². The van der Waals surface area contributed by atoms with Crippen molar-refractivity contribution >= 4 is 17.5 Å². The summed E-state index contributed by atoms with van der Waals surface area (Å²) in [5.41, 5.74) is 0. The Bertz CT molecular complexity index is 108. The Labute approximate surface area is 57.2 Å². The van der Waals surface area contributed by atoms with Gasteiger partial charge in [-0.2, -0.15) is 8.42 Å². The molecular formula is C4H9NO3S. The van der Waals surface area contributed by atoms with Crippen molar-refractivity contribution in [2.75, 3.05) is 6.54 Å². The maximum atomic E-state index is 9.93. The van der Waals surface area contributed by atoms with Gasteiger partial charge in [0.05, 0.1) is 0 Å². The van der Waals surface area contributed by atoms with Gasteiger partial charge in [0.2, 0.25) is 5.91 Å². The summed E-state index contributed by atoms with van der Waals surface area (Å²) in [7, 11) is 0. The van der Waals surface area contributed by atoms with E-state index < -0.39 is 11.6 Å². The number of nitrogens with one attached hydrogen (secondary N) is 1. The number of rotatable bonds is 1. The standard InChI is InChI=1S/C4H9NO.O2S/c1-3-5-4(2)6;1-3-2/h3H2,1-2H3,(H,5,6);. The van der Waals surface area contributed by atoms with Crippen LogP contribution in [0.25, 0.3) is 0 Å². The molecule has 0 unspecified atom stereocenters. The monoisotopic (exact) mass is 151 g/mol. The van der Waals surface area contributed by atoms with Crippen LogP contribution in [0.1, 0.15) is 13.8 Å². The molecule has 0 heterocycles. The Hall–Kier alpha value is -0.710. The fourth-order valence-electron chi connectivity index (χ4n) is 0.249. The van der Waals surface area contributed by atoms with Crippen LogP contribution in [0.5, 0.6) is 0 Å². The molecule has 0 aromatic rings. The second-order valence-corrected chi connectivity index (χ2v) is 1.29. The zero-order valence-electron chi connectivity index (χ0n) is 5.34. The first-order valence-corrected chi connectivity index (χ1v) is 3.01. The predicted octanol–water partition coefficient (Wildman–Crippen LogP) is -0.528. The highest BCUT2D eigenvalue weighted by Crippen LogP contribution is 1.54. The summed E-state index contributed by atoms with van der Waals surface area (Å²) < 4.78 is 16.6. The molecule has 54 valence electrons. The Morgan fingerprint density at radius 2 is 1.89 bits per heavy atom. The van der Waals surface area contributed by atoms with Gasteiger partial charge in [0.25, 0.3) is 0 Å². The Kier molecular flexibility index (Phi) is 12.8. The van der Waals surface area contributed by atoms with E-state index in [-0.39, 0.29) is 5.91 Å². The zero-order chi connectivity index (χ0) is 7.70. The molecule has 0 aliphatic heterocycles. The average molecular weight is 151 g/mol. The maximum absolute atomic E-state index is 9.93. The lowest BCUT2D eigenvalue weighted by atomic mass is 10.6. The molecule has 0 radical (unpaired) electrons. The van der Waals surface area contributed by atoms with E-state index in [1.54, 1.807) is 0 Å². The molecule has 0 atom stereocenters. The SMILES string of the molecule is CCNC(C)=O.O=S=O. The summed E-state index contributed by atoms with van der Waals surface area (Å²) in [6.07, 6.45) is 0. The largest absolute Gasteiger partial charge is 0.357 e. The van der Waals surface area contributed by atoms with Crippen LogP contribution in [0.2, 0.25) is 0 Å². The Balaban J connectivity index is 0. The molecule has 0 aliphatic rings. The van der Waals surface area contributed by atoms with Crippen LogP contribution in [0, 0.1) is 0 Å². The molecule has 0 aromatic heterocycles. The number of amides is 1. The molecule has 9 heavy (non-hydrogen) atoms. The number of hydrogen-bond donors (Lipinski definition) is 1. The average Bonchev–Trinajstić information content (AvgIpc) is 1.67. The minimum Gasteiger partial charge on any atom is -0.357 e. The lowest BCUT2D eigenvalue weighted by molar-refractivity contribution is -0.118. The van der Waals surface area contributed by atoms with Crippen LogP contribution in [0.15, 0.2) is 0 Å². The maximum Gasteiger partial charge on any atom is 0.335 e. The van der Waals surface area contributed by atoms with Crippen molar-refractivity contribution in [3.8, 4) is 0 Å². The topological polar surface area (TPSA) is 63.2 Å². The van der Waals surface area contributed by atoms with Gasteiger partial charge in [-0.05, 0) is 6.92 Å². The smallest absolute Gasteiger partial charge is 0.335 e. The van der Waals surface area contributed by atoms with E-state index in [2.05, 4.69) is 5.32 Å². The molecule has 0 aromatic carbocycles. The van der Waals surface area contributed by atoms with Crippen LogP contribution < -0.4 is 5.32 Å². The van der Waals surface area contributed by atoms with Gasteiger partial charge < -0.3 is 5.32 Å². The summed E-state index contributed by atoms with van der Waals surface area (Å²) in [5.74, 6) is 0.0394. The van der Waals surface area contributed by atoms with Gasteiger partial charge in [0, 0.05) is 13.5 Å². The lowest BCUT2D eigenvalue weighted by Gasteiger charge is -1.88. The van der Waals surface area contributed by atoms with Crippen molar-refractivity contribution in [3.05, 3.63) is 0 Å². The summed E-state index contributed by atoms with van der Waals surface area (Å²) in [6.45, 7) is 4.13. The van der Waals surface area contributed by atoms with Gasteiger partial charge in [0.1, 0.15) is 0 Å². The van der Waals surface area contributed by atoms with Crippen LogP contribution in [0.4, 0.5) is 0 Å². The number of carbonyl (C=O) groups excluding carboxylic acids is 1. The van der Waals surface area contributed by atoms with Crippen molar-refractivity contribution in [1.29, 1.82) is 0 Å². The van der Waals surface area contributed by atoms with Gasteiger partial charge in [-0.25, -0.2) is 0 Å². The van der Waals surface area contributed by atoms with E-state index in [0.717, 1.165) is 6.54 Å². The Morgan fingerprint density at radius 1 is 1.56 bits per heavy atom. The molecule has 0 fully saturated rings. The summed E-state index contributed by atoms with van der Waals surface area (Å²) in [4.78, 5) is 9.93. The molecule has 0 spiro atoms.